The fourth-order valence-electron chi connectivity index (χ4n) is 1.01. The van der Waals surface area contributed by atoms with E-state index in [-0.39, 0.29) is 0 Å². The highest BCUT2D eigenvalue weighted by atomic mass is 35.5. The Labute approximate surface area is 91.7 Å². The number of amidine groups is 1. The van der Waals surface area contributed by atoms with Gasteiger partial charge < -0.3 is 5.73 Å². The number of hydrogen-bond acceptors (Lipinski definition) is 5. The number of halogens is 1. The van der Waals surface area contributed by atoms with E-state index in [1.807, 2.05) is 0 Å². The predicted octanol–water partition coefficient (Wildman–Crippen LogP) is 1.74. The van der Waals surface area contributed by atoms with Crippen LogP contribution >= 0.6 is 11.6 Å². The first-order valence-corrected chi connectivity index (χ1v) is 4.66. The highest BCUT2D eigenvalue weighted by Crippen LogP contribution is 2.19. The van der Waals surface area contributed by atoms with E-state index in [1.54, 1.807) is 31.2 Å². The van der Waals surface area contributed by atoms with Gasteiger partial charge in [-0.15, -0.1) is 5.10 Å². The van der Waals surface area contributed by atoms with E-state index in [0.29, 0.717) is 22.3 Å². The fourth-order valence-corrected chi connectivity index (χ4v) is 1.13. The lowest BCUT2D eigenvalue weighted by molar-refractivity contribution is 0.115. The molecule has 1 aliphatic heterocycles. The number of benzene rings is 1. The van der Waals surface area contributed by atoms with Gasteiger partial charge >= 0.3 is 0 Å². The van der Waals surface area contributed by atoms with Crippen molar-refractivity contribution < 1.29 is 4.94 Å². The Morgan fingerprint density at radius 2 is 2.00 bits per heavy atom. The second kappa shape index (κ2) is 3.78. The molecule has 1 aliphatic rings. The van der Waals surface area contributed by atoms with Gasteiger partial charge in [-0.1, -0.05) is 21.9 Å². The fraction of sp³-hybridized carbons (Fsp3) is 0.111. The molecule has 0 aliphatic carbocycles. The minimum Gasteiger partial charge on any atom is -0.381 e. The number of hydrazone groups is 1. The van der Waals surface area contributed by atoms with Crippen LogP contribution in [0, 0.1) is 0 Å². The lowest BCUT2D eigenvalue weighted by Gasteiger charge is -2.19. The maximum atomic E-state index is 5.76. The lowest BCUT2D eigenvalue weighted by Crippen LogP contribution is -2.31. The highest BCUT2D eigenvalue weighted by molar-refractivity contribution is 6.40. The molecule has 0 spiro atoms. The van der Waals surface area contributed by atoms with Crippen molar-refractivity contribution in [2.45, 2.75) is 6.92 Å². The molecule has 6 heteroatoms. The number of oxime groups is 1. The molecule has 0 radical (unpaired) electrons. The lowest BCUT2D eigenvalue weighted by atomic mass is 10.3. The van der Waals surface area contributed by atoms with E-state index in [0.717, 1.165) is 0 Å². The van der Waals surface area contributed by atoms with Crippen molar-refractivity contribution in [1.29, 1.82) is 0 Å². The highest BCUT2D eigenvalue weighted by Gasteiger charge is 2.14. The molecule has 1 heterocycles. The number of rotatable bonds is 1. The van der Waals surface area contributed by atoms with Gasteiger partial charge in [-0.05, 0) is 31.2 Å². The van der Waals surface area contributed by atoms with Gasteiger partial charge in [0.2, 0.25) is 0 Å². The Bertz CT molecular complexity index is 426. The summed E-state index contributed by atoms with van der Waals surface area (Å²) in [6, 6.07) is 6.98. The summed E-state index contributed by atoms with van der Waals surface area (Å²) in [5.41, 5.74) is 6.87. The quantitative estimate of drug-likeness (QED) is 0.790. The van der Waals surface area contributed by atoms with Crippen molar-refractivity contribution in [3.8, 4) is 0 Å². The Kier molecular flexibility index (Phi) is 2.47. The van der Waals surface area contributed by atoms with E-state index in [2.05, 4.69) is 10.3 Å². The summed E-state index contributed by atoms with van der Waals surface area (Å²) in [5, 5.41) is 9.62. The van der Waals surface area contributed by atoms with Crippen molar-refractivity contribution in [2.24, 2.45) is 16.0 Å². The third-order valence-electron chi connectivity index (χ3n) is 1.87. The minimum absolute atomic E-state index is 0.330. The summed E-state index contributed by atoms with van der Waals surface area (Å²) in [6.45, 7) is 1.72. The monoisotopic (exact) mass is 224 g/mol. The van der Waals surface area contributed by atoms with Gasteiger partial charge in [0.1, 0.15) is 11.4 Å². The maximum Gasteiger partial charge on any atom is 0.172 e. The Morgan fingerprint density at radius 3 is 2.60 bits per heavy atom. The van der Waals surface area contributed by atoms with E-state index in [1.165, 1.54) is 5.17 Å². The molecule has 0 amide bonds. The SMILES string of the molecule is CC1=NON(c2ccc(Cl)cc2)N=C1N. The van der Waals surface area contributed by atoms with Gasteiger partial charge in [0, 0.05) is 5.02 Å². The van der Waals surface area contributed by atoms with Crippen molar-refractivity contribution in [3.05, 3.63) is 29.3 Å². The summed E-state index contributed by atoms with van der Waals surface area (Å²) in [7, 11) is 0. The van der Waals surface area contributed by atoms with Crippen molar-refractivity contribution in [2.75, 3.05) is 5.17 Å². The van der Waals surface area contributed by atoms with E-state index in [9.17, 15) is 0 Å². The average molecular weight is 225 g/mol. The van der Waals surface area contributed by atoms with Crippen LogP contribution in [0.4, 0.5) is 5.69 Å². The molecule has 78 valence electrons. The number of hydrogen-bond donors (Lipinski definition) is 1. The van der Waals surface area contributed by atoms with Crippen LogP contribution in [-0.2, 0) is 4.94 Å². The topological polar surface area (TPSA) is 63.2 Å². The zero-order valence-electron chi connectivity index (χ0n) is 8.01. The van der Waals surface area contributed by atoms with Crippen molar-refractivity contribution in [3.63, 3.8) is 0 Å². The first-order chi connectivity index (χ1) is 7.16. The van der Waals surface area contributed by atoms with Crippen LogP contribution in [0.25, 0.3) is 0 Å². The molecule has 15 heavy (non-hydrogen) atoms. The molecule has 0 fully saturated rings. The summed E-state index contributed by atoms with van der Waals surface area (Å²) < 4.78 is 0. The number of nitrogens with zero attached hydrogens (tertiary/aromatic N) is 3. The van der Waals surface area contributed by atoms with Crippen LogP contribution in [0.2, 0.25) is 5.02 Å². The van der Waals surface area contributed by atoms with E-state index < -0.39 is 0 Å². The molecule has 0 saturated carbocycles. The summed E-state index contributed by atoms with van der Waals surface area (Å²) in [6.07, 6.45) is 0. The minimum atomic E-state index is 0.330. The van der Waals surface area contributed by atoms with Crippen molar-refractivity contribution >= 4 is 28.8 Å². The Balaban J connectivity index is 2.24. The second-order valence-electron chi connectivity index (χ2n) is 2.99. The van der Waals surface area contributed by atoms with Crippen LogP contribution in [-0.4, -0.2) is 11.5 Å². The first kappa shape index (κ1) is 9.79. The Morgan fingerprint density at radius 1 is 1.33 bits per heavy atom. The molecule has 0 atom stereocenters. The molecule has 5 nitrogen and oxygen atoms in total. The summed E-state index contributed by atoms with van der Waals surface area (Å²) >= 11 is 5.76. The molecule has 2 N–H and O–H groups in total. The van der Waals surface area contributed by atoms with Gasteiger partial charge in [0.05, 0.1) is 0 Å². The second-order valence-corrected chi connectivity index (χ2v) is 3.43. The summed E-state index contributed by atoms with van der Waals surface area (Å²) in [5.74, 6) is 0.330. The van der Waals surface area contributed by atoms with Crippen molar-refractivity contribution in [1.82, 2.24) is 0 Å². The van der Waals surface area contributed by atoms with Crippen LogP contribution < -0.4 is 10.9 Å². The van der Waals surface area contributed by atoms with Crippen LogP contribution in [0.1, 0.15) is 6.92 Å². The molecular formula is C9H9ClN4O. The maximum absolute atomic E-state index is 5.76. The van der Waals surface area contributed by atoms with Gasteiger partial charge in [0.15, 0.2) is 5.84 Å². The van der Waals surface area contributed by atoms with Gasteiger partial charge in [-0.2, -0.15) is 0 Å². The number of nitrogens with two attached hydrogens (primary N) is 1. The molecule has 0 unspecified atom stereocenters. The van der Waals surface area contributed by atoms with Crippen LogP contribution in [0.5, 0.6) is 0 Å². The molecule has 2 rings (SSSR count). The molecule has 0 aromatic heterocycles. The molecule has 0 saturated heterocycles. The average Bonchev–Trinajstić information content (AvgIpc) is 2.23. The van der Waals surface area contributed by atoms with E-state index >= 15 is 0 Å². The molecule has 1 aromatic rings. The largest absolute Gasteiger partial charge is 0.381 e. The van der Waals surface area contributed by atoms with Crippen LogP contribution in [0.15, 0.2) is 34.5 Å². The van der Waals surface area contributed by atoms with Gasteiger partial charge in [-0.25, -0.2) is 4.94 Å². The smallest absolute Gasteiger partial charge is 0.172 e. The van der Waals surface area contributed by atoms with Crippen LogP contribution in [0.3, 0.4) is 0 Å². The third kappa shape index (κ3) is 2.02. The summed E-state index contributed by atoms with van der Waals surface area (Å²) in [4.78, 5) is 5.00. The Hall–Kier alpha value is -1.75. The predicted molar refractivity (Wildman–Crippen MR) is 59.7 cm³/mol. The zero-order chi connectivity index (χ0) is 10.8. The normalized spacial score (nSPS) is 15.5. The van der Waals surface area contributed by atoms with Gasteiger partial charge in [0.25, 0.3) is 0 Å². The zero-order valence-corrected chi connectivity index (χ0v) is 8.77. The number of anilines is 1. The molecular weight excluding hydrogens is 216 g/mol. The third-order valence-corrected chi connectivity index (χ3v) is 2.12. The standard InChI is InChI=1S/C9H9ClN4O/c1-6-9(11)12-14(15-13-6)8-4-2-7(10)3-5-8/h2-5H,1H3,(H2,11,12). The molecule has 1 aromatic carbocycles. The van der Waals surface area contributed by atoms with E-state index in [4.69, 9.17) is 22.3 Å². The molecule has 0 bridgehead atoms. The first-order valence-electron chi connectivity index (χ1n) is 4.28. The van der Waals surface area contributed by atoms with Gasteiger partial charge in [-0.3, -0.25) is 0 Å².